The highest BCUT2D eigenvalue weighted by atomic mass is 16.5. The zero-order valence-corrected chi connectivity index (χ0v) is 9.69. The summed E-state index contributed by atoms with van der Waals surface area (Å²) in [7, 11) is 0. The van der Waals surface area contributed by atoms with Crippen LogP contribution in [0.2, 0.25) is 0 Å². The Morgan fingerprint density at radius 2 is 1.57 bits per heavy atom. The van der Waals surface area contributed by atoms with E-state index in [2.05, 4.69) is 0 Å². The molecule has 0 aliphatic carbocycles. The second kappa shape index (κ2) is 3.80. The molecule has 0 spiro atoms. The van der Waals surface area contributed by atoms with E-state index in [1.165, 1.54) is 0 Å². The number of hydrogen-bond acceptors (Lipinski definition) is 3. The fourth-order valence-electron chi connectivity index (χ4n) is 1.97. The first-order valence-corrected chi connectivity index (χ1v) is 5.26. The van der Waals surface area contributed by atoms with Crippen molar-refractivity contribution in [2.75, 3.05) is 0 Å². The third kappa shape index (κ3) is 2.10. The van der Waals surface area contributed by atoms with Crippen LogP contribution in [0.3, 0.4) is 0 Å². The molecular formula is C11H22O3. The highest BCUT2D eigenvalue weighted by Crippen LogP contribution is 2.36. The van der Waals surface area contributed by atoms with Crippen LogP contribution in [-0.2, 0) is 4.74 Å². The van der Waals surface area contributed by atoms with Gasteiger partial charge in [-0.1, -0.05) is 34.6 Å². The van der Waals surface area contributed by atoms with E-state index < -0.39 is 12.2 Å². The van der Waals surface area contributed by atoms with Crippen LogP contribution in [0.1, 0.15) is 34.6 Å². The van der Waals surface area contributed by atoms with E-state index in [4.69, 9.17) is 4.74 Å². The minimum absolute atomic E-state index is 0.135. The van der Waals surface area contributed by atoms with Crippen LogP contribution in [0.4, 0.5) is 0 Å². The van der Waals surface area contributed by atoms with E-state index >= 15 is 0 Å². The van der Waals surface area contributed by atoms with Gasteiger partial charge in [0, 0.05) is 0 Å². The topological polar surface area (TPSA) is 49.7 Å². The summed E-state index contributed by atoms with van der Waals surface area (Å²) in [4.78, 5) is 0. The third-order valence-electron chi connectivity index (χ3n) is 2.81. The number of ether oxygens (including phenoxy) is 1. The summed E-state index contributed by atoms with van der Waals surface area (Å²) < 4.78 is 5.71. The molecule has 84 valence electrons. The van der Waals surface area contributed by atoms with Gasteiger partial charge >= 0.3 is 0 Å². The predicted octanol–water partition coefficient (Wildman–Crippen LogP) is 1.18. The smallest absolute Gasteiger partial charge is 0.109 e. The fraction of sp³-hybridized carbons (Fsp3) is 1.00. The Labute approximate surface area is 86.1 Å². The van der Waals surface area contributed by atoms with Crippen molar-refractivity contribution in [2.45, 2.75) is 59.0 Å². The molecule has 0 radical (unpaired) electrons. The molecule has 14 heavy (non-hydrogen) atoms. The summed E-state index contributed by atoms with van der Waals surface area (Å²) in [5, 5.41) is 19.6. The zero-order chi connectivity index (χ0) is 11.1. The van der Waals surface area contributed by atoms with Gasteiger partial charge in [0.15, 0.2) is 0 Å². The summed E-state index contributed by atoms with van der Waals surface area (Å²) in [6, 6.07) is 0. The Hall–Kier alpha value is -0.120. The number of hydrogen-bond donors (Lipinski definition) is 2. The summed E-state index contributed by atoms with van der Waals surface area (Å²) >= 11 is 0. The minimum atomic E-state index is -0.762. The molecule has 0 aromatic carbocycles. The molecule has 1 heterocycles. The summed E-state index contributed by atoms with van der Waals surface area (Å²) in [5.74, 6) is 0.229. The molecule has 1 aliphatic heterocycles. The van der Waals surface area contributed by atoms with Gasteiger partial charge in [-0.25, -0.2) is 0 Å². The van der Waals surface area contributed by atoms with Crippen LogP contribution < -0.4 is 0 Å². The highest BCUT2D eigenvalue weighted by Gasteiger charge is 2.48. The monoisotopic (exact) mass is 202 g/mol. The third-order valence-corrected chi connectivity index (χ3v) is 2.81. The van der Waals surface area contributed by atoms with Gasteiger partial charge in [0.25, 0.3) is 0 Å². The van der Waals surface area contributed by atoms with E-state index in [9.17, 15) is 10.2 Å². The summed E-state index contributed by atoms with van der Waals surface area (Å²) in [6.07, 6.45) is -2.03. The van der Waals surface area contributed by atoms with Gasteiger partial charge in [0.1, 0.15) is 12.2 Å². The maximum Gasteiger partial charge on any atom is 0.109 e. The van der Waals surface area contributed by atoms with Crippen molar-refractivity contribution in [3.63, 3.8) is 0 Å². The second-order valence-electron chi connectivity index (χ2n) is 5.61. The maximum atomic E-state index is 9.84. The van der Waals surface area contributed by atoms with Crippen molar-refractivity contribution >= 4 is 0 Å². The number of aliphatic hydroxyl groups excluding tert-OH is 2. The molecule has 0 saturated carbocycles. The Morgan fingerprint density at radius 3 is 1.79 bits per heavy atom. The van der Waals surface area contributed by atoms with Crippen LogP contribution in [0.25, 0.3) is 0 Å². The van der Waals surface area contributed by atoms with E-state index in [1.807, 2.05) is 34.6 Å². The molecule has 1 aliphatic rings. The lowest BCUT2D eigenvalue weighted by atomic mass is 9.85. The maximum absolute atomic E-state index is 9.84. The standard InChI is InChI=1S/C11H22O3/c1-6(2)9-7(12)8(13)10(14-9)11(3,4)5/h6-10,12-13H,1-5H3. The molecular weight excluding hydrogens is 180 g/mol. The molecule has 4 atom stereocenters. The molecule has 1 saturated heterocycles. The number of rotatable bonds is 1. The lowest BCUT2D eigenvalue weighted by Crippen LogP contribution is -2.39. The van der Waals surface area contributed by atoms with E-state index in [0.717, 1.165) is 0 Å². The minimum Gasteiger partial charge on any atom is -0.388 e. The van der Waals surface area contributed by atoms with E-state index in [-0.39, 0.29) is 23.5 Å². The van der Waals surface area contributed by atoms with E-state index in [1.54, 1.807) is 0 Å². The first kappa shape index (κ1) is 12.0. The molecule has 0 aromatic rings. The average Bonchev–Trinajstić information content (AvgIpc) is 2.28. The van der Waals surface area contributed by atoms with E-state index in [0.29, 0.717) is 0 Å². The molecule has 1 fully saturated rings. The van der Waals surface area contributed by atoms with Gasteiger partial charge in [-0.05, 0) is 11.3 Å². The van der Waals surface area contributed by atoms with Crippen molar-refractivity contribution in [3.8, 4) is 0 Å². The molecule has 2 N–H and O–H groups in total. The van der Waals surface area contributed by atoms with Crippen molar-refractivity contribution in [3.05, 3.63) is 0 Å². The largest absolute Gasteiger partial charge is 0.388 e. The molecule has 4 unspecified atom stereocenters. The van der Waals surface area contributed by atoms with Gasteiger partial charge in [-0.3, -0.25) is 0 Å². The average molecular weight is 202 g/mol. The Morgan fingerprint density at radius 1 is 1.07 bits per heavy atom. The van der Waals surface area contributed by atoms with Crippen LogP contribution in [-0.4, -0.2) is 34.6 Å². The lowest BCUT2D eigenvalue weighted by molar-refractivity contribution is -0.0629. The molecule has 0 amide bonds. The zero-order valence-electron chi connectivity index (χ0n) is 9.69. The van der Waals surface area contributed by atoms with Gasteiger partial charge < -0.3 is 14.9 Å². The lowest BCUT2D eigenvalue weighted by Gasteiger charge is -2.29. The molecule has 0 aromatic heterocycles. The highest BCUT2D eigenvalue weighted by molar-refractivity contribution is 4.96. The SMILES string of the molecule is CC(C)C1OC(C(C)(C)C)C(O)C1O. The van der Waals surface area contributed by atoms with Crippen LogP contribution in [0.15, 0.2) is 0 Å². The second-order valence-corrected chi connectivity index (χ2v) is 5.61. The van der Waals surface area contributed by atoms with Crippen LogP contribution >= 0.6 is 0 Å². The van der Waals surface area contributed by atoms with Gasteiger partial charge in [-0.2, -0.15) is 0 Å². The van der Waals surface area contributed by atoms with Crippen molar-refractivity contribution < 1.29 is 14.9 Å². The van der Waals surface area contributed by atoms with Crippen molar-refractivity contribution in [2.24, 2.45) is 11.3 Å². The van der Waals surface area contributed by atoms with Gasteiger partial charge in [-0.15, -0.1) is 0 Å². The first-order chi connectivity index (χ1) is 6.25. The predicted molar refractivity (Wildman–Crippen MR) is 55.0 cm³/mol. The molecule has 3 nitrogen and oxygen atoms in total. The molecule has 3 heteroatoms. The summed E-state index contributed by atoms with van der Waals surface area (Å²) in [6.45, 7) is 10.0. The summed E-state index contributed by atoms with van der Waals surface area (Å²) in [5.41, 5.74) is -0.135. The van der Waals surface area contributed by atoms with Crippen molar-refractivity contribution in [1.29, 1.82) is 0 Å². The Kier molecular flexibility index (Phi) is 3.24. The van der Waals surface area contributed by atoms with Crippen LogP contribution in [0.5, 0.6) is 0 Å². The van der Waals surface area contributed by atoms with Gasteiger partial charge in [0.05, 0.1) is 12.2 Å². The van der Waals surface area contributed by atoms with Crippen LogP contribution in [0, 0.1) is 11.3 Å². The first-order valence-electron chi connectivity index (χ1n) is 5.26. The molecule has 1 rings (SSSR count). The van der Waals surface area contributed by atoms with Crippen molar-refractivity contribution in [1.82, 2.24) is 0 Å². The Bertz CT molecular complexity index is 195. The quantitative estimate of drug-likeness (QED) is 0.671. The normalized spacial score (nSPS) is 39.4. The van der Waals surface area contributed by atoms with Gasteiger partial charge in [0.2, 0.25) is 0 Å². The Balaban J connectivity index is 2.77. The molecule has 0 bridgehead atoms. The fourth-order valence-corrected chi connectivity index (χ4v) is 1.97. The number of aliphatic hydroxyl groups is 2.